The van der Waals surface area contributed by atoms with Crippen molar-refractivity contribution in [2.24, 2.45) is 0 Å². The van der Waals surface area contributed by atoms with E-state index in [9.17, 15) is 9.18 Å². The number of amides is 2. The van der Waals surface area contributed by atoms with Crippen LogP contribution in [-0.2, 0) is 4.74 Å². The second-order valence-electron chi connectivity index (χ2n) is 6.75. The molecule has 0 radical (unpaired) electrons. The maximum absolute atomic E-state index is 13.0. The zero-order valence-corrected chi connectivity index (χ0v) is 14.1. The Morgan fingerprint density at radius 1 is 1.33 bits per heavy atom. The van der Waals surface area contributed by atoms with E-state index in [0.29, 0.717) is 5.92 Å². The van der Waals surface area contributed by atoms with Crippen LogP contribution in [0.5, 0.6) is 0 Å². The van der Waals surface area contributed by atoms with Crippen LogP contribution < -0.4 is 10.6 Å². The van der Waals surface area contributed by atoms with E-state index in [4.69, 9.17) is 4.74 Å². The predicted octanol–water partition coefficient (Wildman–Crippen LogP) is 2.09. The highest BCUT2D eigenvalue weighted by atomic mass is 19.1. The van der Waals surface area contributed by atoms with Gasteiger partial charge >= 0.3 is 6.03 Å². The average molecular weight is 335 g/mol. The molecule has 3 atom stereocenters. The summed E-state index contributed by atoms with van der Waals surface area (Å²) in [6, 6.07) is 6.80. The number of hydrogen-bond acceptors (Lipinski definition) is 3. The first-order chi connectivity index (χ1) is 11.7. The van der Waals surface area contributed by atoms with Gasteiger partial charge in [0.2, 0.25) is 0 Å². The number of methoxy groups -OCH3 is 1. The Morgan fingerprint density at radius 3 is 2.88 bits per heavy atom. The Kier molecular flexibility index (Phi) is 5.68. The Hall–Kier alpha value is -1.66. The van der Waals surface area contributed by atoms with Gasteiger partial charge in [-0.3, -0.25) is 4.90 Å². The van der Waals surface area contributed by atoms with E-state index in [1.54, 1.807) is 19.2 Å². The third kappa shape index (κ3) is 4.68. The van der Waals surface area contributed by atoms with Gasteiger partial charge in [0.25, 0.3) is 0 Å². The third-order valence-electron chi connectivity index (χ3n) is 4.86. The van der Waals surface area contributed by atoms with E-state index in [1.165, 1.54) is 12.1 Å². The molecule has 2 aliphatic rings. The second-order valence-corrected chi connectivity index (χ2v) is 6.75. The van der Waals surface area contributed by atoms with Crippen LogP contribution >= 0.6 is 0 Å². The Bertz CT molecular complexity index is 552. The van der Waals surface area contributed by atoms with Crippen LogP contribution in [0.1, 0.15) is 30.7 Å². The highest BCUT2D eigenvalue weighted by molar-refractivity contribution is 5.75. The number of nitrogens with one attached hydrogen (secondary N) is 2. The summed E-state index contributed by atoms with van der Waals surface area (Å²) in [4.78, 5) is 14.5. The number of nitrogens with zero attached hydrogens (tertiary/aromatic N) is 1. The maximum Gasteiger partial charge on any atom is 0.315 e. The molecule has 132 valence electrons. The lowest BCUT2D eigenvalue weighted by molar-refractivity contribution is 0.123. The Morgan fingerprint density at radius 2 is 2.12 bits per heavy atom. The van der Waals surface area contributed by atoms with Crippen molar-refractivity contribution in [2.45, 2.75) is 37.3 Å². The number of rotatable bonds is 6. The number of carbonyl (C=O) groups excluding carboxylic acids is 1. The molecule has 2 amide bonds. The predicted molar refractivity (Wildman–Crippen MR) is 90.6 cm³/mol. The van der Waals surface area contributed by atoms with Crippen molar-refractivity contribution in [1.82, 2.24) is 15.5 Å². The number of benzene rings is 1. The Labute approximate surface area is 142 Å². The third-order valence-corrected chi connectivity index (χ3v) is 4.86. The molecule has 0 bridgehead atoms. The first-order valence-corrected chi connectivity index (χ1v) is 8.69. The van der Waals surface area contributed by atoms with Gasteiger partial charge in [0, 0.05) is 38.2 Å². The van der Waals surface area contributed by atoms with Gasteiger partial charge in [-0.1, -0.05) is 12.1 Å². The highest BCUT2D eigenvalue weighted by Crippen LogP contribution is 2.40. The summed E-state index contributed by atoms with van der Waals surface area (Å²) in [7, 11) is 1.71. The summed E-state index contributed by atoms with van der Waals surface area (Å²) in [5.41, 5.74) is 1.09. The number of hydrogen-bond donors (Lipinski definition) is 2. The molecule has 3 unspecified atom stereocenters. The first-order valence-electron chi connectivity index (χ1n) is 8.69. The number of halogens is 1. The van der Waals surface area contributed by atoms with Crippen LogP contribution in [0, 0.1) is 5.82 Å². The van der Waals surface area contributed by atoms with Crippen LogP contribution in [-0.4, -0.2) is 56.4 Å². The lowest BCUT2D eigenvalue weighted by Gasteiger charge is -2.32. The molecule has 2 N–H and O–H groups in total. The van der Waals surface area contributed by atoms with Crippen molar-refractivity contribution in [3.8, 4) is 0 Å². The van der Waals surface area contributed by atoms with E-state index in [0.717, 1.165) is 51.1 Å². The average Bonchev–Trinajstić information content (AvgIpc) is 3.33. The number of carbonyl (C=O) groups is 1. The van der Waals surface area contributed by atoms with Gasteiger partial charge in [0.1, 0.15) is 5.82 Å². The molecule has 24 heavy (non-hydrogen) atoms. The van der Waals surface area contributed by atoms with E-state index in [1.807, 2.05) is 0 Å². The van der Waals surface area contributed by atoms with Crippen molar-refractivity contribution < 1.29 is 13.9 Å². The molecular formula is C18H26FN3O2. The van der Waals surface area contributed by atoms with Crippen molar-refractivity contribution in [2.75, 3.05) is 33.4 Å². The van der Waals surface area contributed by atoms with Gasteiger partial charge in [0.15, 0.2) is 0 Å². The lowest BCUT2D eigenvalue weighted by atomic mass is 10.1. The summed E-state index contributed by atoms with van der Waals surface area (Å²) in [5, 5.41) is 6.12. The molecule has 0 aromatic heterocycles. The fourth-order valence-corrected chi connectivity index (χ4v) is 3.43. The second kappa shape index (κ2) is 7.94. The molecule has 6 heteroatoms. The smallest absolute Gasteiger partial charge is 0.315 e. The molecule has 3 rings (SSSR count). The standard InChI is InChI=1S/C18H26FN3O2/c1-24-10-9-22-8-2-3-15(12-22)20-18(23)21-17-11-16(17)13-4-6-14(19)7-5-13/h4-7,15-17H,2-3,8-12H2,1H3,(H2,20,21,23). The zero-order valence-electron chi connectivity index (χ0n) is 14.1. The number of piperidine rings is 1. The molecule has 1 saturated heterocycles. The summed E-state index contributed by atoms with van der Waals surface area (Å²) in [5.74, 6) is 0.0814. The molecule has 1 aromatic rings. The number of likely N-dealkylation sites (tertiary alicyclic amines) is 1. The van der Waals surface area contributed by atoms with Crippen LogP contribution in [0.3, 0.4) is 0 Å². The van der Waals surface area contributed by atoms with Crippen molar-refractivity contribution in [1.29, 1.82) is 0 Å². The monoisotopic (exact) mass is 335 g/mol. The highest BCUT2D eigenvalue weighted by Gasteiger charge is 2.39. The van der Waals surface area contributed by atoms with E-state index in [2.05, 4.69) is 15.5 Å². The van der Waals surface area contributed by atoms with Gasteiger partial charge in [-0.2, -0.15) is 0 Å². The van der Waals surface area contributed by atoms with Crippen molar-refractivity contribution >= 4 is 6.03 Å². The SMILES string of the molecule is COCCN1CCCC(NC(=O)NC2CC2c2ccc(F)cc2)C1. The molecular weight excluding hydrogens is 309 g/mol. The largest absolute Gasteiger partial charge is 0.383 e. The molecule has 1 aliphatic carbocycles. The molecule has 0 spiro atoms. The van der Waals surface area contributed by atoms with E-state index in [-0.39, 0.29) is 23.9 Å². The zero-order chi connectivity index (χ0) is 16.9. The summed E-state index contributed by atoms with van der Waals surface area (Å²) in [6.45, 7) is 3.58. The molecule has 5 nitrogen and oxygen atoms in total. The first kappa shape index (κ1) is 17.2. The number of urea groups is 1. The summed E-state index contributed by atoms with van der Waals surface area (Å²) < 4.78 is 18.1. The van der Waals surface area contributed by atoms with Crippen LogP contribution in [0.25, 0.3) is 0 Å². The summed E-state index contributed by atoms with van der Waals surface area (Å²) >= 11 is 0. The van der Waals surface area contributed by atoms with E-state index >= 15 is 0 Å². The Balaban J connectivity index is 1.41. The van der Waals surface area contributed by atoms with Gasteiger partial charge < -0.3 is 15.4 Å². The minimum atomic E-state index is -0.225. The van der Waals surface area contributed by atoms with Gasteiger partial charge in [-0.15, -0.1) is 0 Å². The summed E-state index contributed by atoms with van der Waals surface area (Å²) in [6.07, 6.45) is 3.03. The van der Waals surface area contributed by atoms with Crippen LogP contribution in [0.4, 0.5) is 9.18 Å². The van der Waals surface area contributed by atoms with Gasteiger partial charge in [0.05, 0.1) is 6.61 Å². The molecule has 1 aliphatic heterocycles. The number of ether oxygens (including phenoxy) is 1. The van der Waals surface area contributed by atoms with Crippen molar-refractivity contribution in [3.63, 3.8) is 0 Å². The minimum Gasteiger partial charge on any atom is -0.383 e. The fourth-order valence-electron chi connectivity index (χ4n) is 3.43. The van der Waals surface area contributed by atoms with E-state index < -0.39 is 0 Å². The van der Waals surface area contributed by atoms with Gasteiger partial charge in [-0.25, -0.2) is 9.18 Å². The minimum absolute atomic E-state index is 0.0943. The molecule has 1 heterocycles. The molecule has 1 aromatic carbocycles. The molecule has 2 fully saturated rings. The topological polar surface area (TPSA) is 53.6 Å². The maximum atomic E-state index is 13.0. The lowest BCUT2D eigenvalue weighted by Crippen LogP contribution is -2.51. The van der Waals surface area contributed by atoms with Crippen LogP contribution in [0.15, 0.2) is 24.3 Å². The quantitative estimate of drug-likeness (QED) is 0.837. The normalized spacial score (nSPS) is 26.8. The van der Waals surface area contributed by atoms with Crippen molar-refractivity contribution in [3.05, 3.63) is 35.6 Å². The fraction of sp³-hybridized carbons (Fsp3) is 0.611. The van der Waals surface area contributed by atoms with Crippen LogP contribution in [0.2, 0.25) is 0 Å². The van der Waals surface area contributed by atoms with Gasteiger partial charge in [-0.05, 0) is 43.5 Å². The molecule has 1 saturated carbocycles.